The van der Waals surface area contributed by atoms with Crippen LogP contribution >= 0.6 is 39.0 Å². The van der Waals surface area contributed by atoms with Crippen molar-refractivity contribution in [3.8, 4) is 0 Å². The molecule has 2 amide bonds. The number of nitrogens with one attached hydrogen (secondary N) is 2. The van der Waals surface area contributed by atoms with Gasteiger partial charge in [0.05, 0.1) is 10.0 Å². The van der Waals surface area contributed by atoms with Crippen LogP contribution in [0.1, 0.15) is 22.4 Å². The normalized spacial score (nSPS) is 11.9. The van der Waals surface area contributed by atoms with E-state index in [2.05, 4.69) is 32.6 Å². The van der Waals surface area contributed by atoms with Crippen molar-refractivity contribution < 1.29 is 14.0 Å². The minimum atomic E-state index is -0.606. The molecule has 1 atom stereocenters. The Balaban J connectivity index is 1.61. The van der Waals surface area contributed by atoms with Crippen LogP contribution < -0.4 is 10.6 Å². The van der Waals surface area contributed by atoms with E-state index in [4.69, 9.17) is 4.42 Å². The van der Waals surface area contributed by atoms with Crippen LogP contribution in [0.2, 0.25) is 0 Å². The largest absolute Gasteiger partial charge is 0.459 e. The first kappa shape index (κ1) is 18.1. The maximum absolute atomic E-state index is 11.9. The van der Waals surface area contributed by atoms with Gasteiger partial charge in [-0.1, -0.05) is 0 Å². The number of hydrogen-bond donors (Lipinski definition) is 2. The van der Waals surface area contributed by atoms with Gasteiger partial charge < -0.3 is 15.1 Å². The van der Waals surface area contributed by atoms with Gasteiger partial charge >= 0.3 is 0 Å². The van der Waals surface area contributed by atoms with Crippen LogP contribution in [0.4, 0.5) is 0 Å². The molecule has 0 saturated carbocycles. The molecule has 0 aliphatic carbocycles. The van der Waals surface area contributed by atoms with Crippen molar-refractivity contribution >= 4 is 50.8 Å². The fourth-order valence-corrected chi connectivity index (χ4v) is 4.20. The zero-order valence-electron chi connectivity index (χ0n) is 12.5. The molecule has 0 aromatic carbocycles. The highest BCUT2D eigenvalue weighted by atomic mass is 79.9. The lowest BCUT2D eigenvalue weighted by molar-refractivity contribution is -0.122. The summed E-state index contributed by atoms with van der Waals surface area (Å²) in [7, 11) is 0. The summed E-state index contributed by atoms with van der Waals surface area (Å²) in [6.45, 7) is 2.21. The highest BCUT2D eigenvalue weighted by Gasteiger charge is 2.17. The summed E-state index contributed by atoms with van der Waals surface area (Å²) in [4.78, 5) is 25.0. The fraction of sp³-hybridized carbons (Fsp3) is 0.333. The Morgan fingerprint density at radius 1 is 1.39 bits per heavy atom. The number of furan rings is 1. The summed E-state index contributed by atoms with van der Waals surface area (Å²) < 4.78 is 6.11. The minimum Gasteiger partial charge on any atom is -0.459 e. The van der Waals surface area contributed by atoms with E-state index in [1.165, 1.54) is 11.1 Å². The topological polar surface area (TPSA) is 71.3 Å². The summed E-state index contributed by atoms with van der Waals surface area (Å²) in [5, 5.41) is 5.41. The molecule has 1 unspecified atom stereocenters. The third-order valence-electron chi connectivity index (χ3n) is 2.90. The van der Waals surface area contributed by atoms with Crippen LogP contribution in [0, 0.1) is 0 Å². The van der Waals surface area contributed by atoms with E-state index in [9.17, 15) is 9.59 Å². The molecule has 0 fully saturated rings. The van der Waals surface area contributed by atoms with Gasteiger partial charge in [-0.05, 0) is 47.1 Å². The molecule has 2 heterocycles. The first-order valence-corrected chi connectivity index (χ1v) is 9.76. The maximum Gasteiger partial charge on any atom is 0.287 e. The molecule has 0 saturated heterocycles. The second-order valence-electron chi connectivity index (χ2n) is 4.72. The molecule has 0 aliphatic rings. The van der Waals surface area contributed by atoms with Crippen molar-refractivity contribution in [3.05, 3.63) is 45.0 Å². The maximum atomic E-state index is 11.9. The highest BCUT2D eigenvalue weighted by molar-refractivity contribution is 9.11. The predicted molar refractivity (Wildman–Crippen MR) is 96.8 cm³/mol. The van der Waals surface area contributed by atoms with Gasteiger partial charge in [-0.3, -0.25) is 9.59 Å². The number of thiophene rings is 1. The van der Waals surface area contributed by atoms with Crippen LogP contribution in [0.3, 0.4) is 0 Å². The van der Waals surface area contributed by atoms with Crippen molar-refractivity contribution in [2.75, 3.05) is 12.3 Å². The monoisotopic (exact) mass is 416 g/mol. The van der Waals surface area contributed by atoms with Crippen molar-refractivity contribution in [1.29, 1.82) is 0 Å². The van der Waals surface area contributed by atoms with Crippen LogP contribution in [-0.4, -0.2) is 30.2 Å². The van der Waals surface area contributed by atoms with Gasteiger partial charge in [0.2, 0.25) is 5.91 Å². The summed E-state index contributed by atoms with van der Waals surface area (Å²) in [6, 6.07) is 6.70. The lowest BCUT2D eigenvalue weighted by Gasteiger charge is -2.13. The SMILES string of the molecule is CC(NC(=O)c1ccco1)C(=O)NCCSCc1ccc(Br)s1. The van der Waals surface area contributed by atoms with Crippen molar-refractivity contribution in [2.24, 2.45) is 0 Å². The number of halogens is 1. The molecule has 2 rings (SSSR count). The van der Waals surface area contributed by atoms with E-state index in [-0.39, 0.29) is 11.7 Å². The molecule has 2 N–H and O–H groups in total. The molecule has 5 nitrogen and oxygen atoms in total. The van der Waals surface area contributed by atoms with Crippen LogP contribution in [0.5, 0.6) is 0 Å². The zero-order valence-corrected chi connectivity index (χ0v) is 15.7. The lowest BCUT2D eigenvalue weighted by Crippen LogP contribution is -2.45. The summed E-state index contributed by atoms with van der Waals surface area (Å²) >= 11 is 6.91. The number of thioether (sulfide) groups is 1. The van der Waals surface area contributed by atoms with Crippen LogP contribution in [0.15, 0.2) is 38.7 Å². The predicted octanol–water partition coefficient (Wildman–Crippen LogP) is 3.27. The van der Waals surface area contributed by atoms with Gasteiger partial charge in [-0.15, -0.1) is 11.3 Å². The number of hydrogen-bond acceptors (Lipinski definition) is 5. The Labute approximate surface area is 151 Å². The quantitative estimate of drug-likeness (QED) is 0.647. The molecular weight excluding hydrogens is 400 g/mol. The van der Waals surface area contributed by atoms with Gasteiger partial charge in [0.25, 0.3) is 5.91 Å². The molecular formula is C15H17BrN2O3S2. The van der Waals surface area contributed by atoms with E-state index in [0.29, 0.717) is 6.54 Å². The first-order chi connectivity index (χ1) is 11.1. The van der Waals surface area contributed by atoms with E-state index in [1.807, 2.05) is 6.07 Å². The molecule has 8 heteroatoms. The minimum absolute atomic E-state index is 0.197. The molecule has 0 radical (unpaired) electrons. The summed E-state index contributed by atoms with van der Waals surface area (Å²) in [5.41, 5.74) is 0. The van der Waals surface area contributed by atoms with E-state index < -0.39 is 11.9 Å². The van der Waals surface area contributed by atoms with Gasteiger partial charge in [-0.2, -0.15) is 11.8 Å². The molecule has 2 aromatic rings. The summed E-state index contributed by atoms with van der Waals surface area (Å²) in [5.74, 6) is 1.35. The summed E-state index contributed by atoms with van der Waals surface area (Å²) in [6.07, 6.45) is 1.42. The molecule has 0 spiro atoms. The molecule has 124 valence electrons. The molecule has 0 bridgehead atoms. The van der Waals surface area contributed by atoms with Crippen LogP contribution in [0.25, 0.3) is 0 Å². The zero-order chi connectivity index (χ0) is 16.7. The van der Waals surface area contributed by atoms with Crippen molar-refractivity contribution in [1.82, 2.24) is 10.6 Å². The van der Waals surface area contributed by atoms with Crippen molar-refractivity contribution in [2.45, 2.75) is 18.7 Å². The number of rotatable bonds is 8. The van der Waals surface area contributed by atoms with Gasteiger partial charge in [0, 0.05) is 22.9 Å². The Kier molecular flexibility index (Phi) is 7.19. The average Bonchev–Trinajstić information content (AvgIpc) is 3.18. The average molecular weight is 417 g/mol. The fourth-order valence-electron chi connectivity index (χ4n) is 1.74. The van der Waals surface area contributed by atoms with E-state index in [1.54, 1.807) is 42.2 Å². The molecule has 0 aliphatic heterocycles. The standard InChI is InChI=1S/C15H17BrN2O3S2/c1-10(18-15(20)12-3-2-7-21-12)14(19)17-6-8-22-9-11-4-5-13(16)23-11/h2-5,7,10H,6,8-9H2,1H3,(H,17,19)(H,18,20). The highest BCUT2D eigenvalue weighted by Crippen LogP contribution is 2.25. The lowest BCUT2D eigenvalue weighted by atomic mass is 10.3. The third-order valence-corrected chi connectivity index (χ3v) is 5.72. The van der Waals surface area contributed by atoms with Crippen LogP contribution in [-0.2, 0) is 10.5 Å². The second kappa shape index (κ2) is 9.14. The van der Waals surface area contributed by atoms with E-state index >= 15 is 0 Å². The Bertz CT molecular complexity index is 643. The first-order valence-electron chi connectivity index (χ1n) is 7.00. The second-order valence-corrected chi connectivity index (χ2v) is 8.37. The molecule has 2 aromatic heterocycles. The van der Waals surface area contributed by atoms with Crippen molar-refractivity contribution in [3.63, 3.8) is 0 Å². The number of carbonyl (C=O) groups is 2. The molecule has 23 heavy (non-hydrogen) atoms. The Hall–Kier alpha value is -1.25. The van der Waals surface area contributed by atoms with E-state index in [0.717, 1.165) is 15.3 Å². The Morgan fingerprint density at radius 3 is 2.87 bits per heavy atom. The van der Waals surface area contributed by atoms with Gasteiger partial charge in [0.15, 0.2) is 5.76 Å². The smallest absolute Gasteiger partial charge is 0.287 e. The third kappa shape index (κ3) is 6.04. The number of amides is 2. The Morgan fingerprint density at radius 2 is 2.22 bits per heavy atom. The van der Waals surface area contributed by atoms with Gasteiger partial charge in [-0.25, -0.2) is 0 Å². The van der Waals surface area contributed by atoms with Gasteiger partial charge in [0.1, 0.15) is 6.04 Å². The number of carbonyl (C=O) groups excluding carboxylic acids is 2.